The summed E-state index contributed by atoms with van der Waals surface area (Å²) in [7, 11) is 3.24. The Bertz CT molecular complexity index is 1090. The number of aromatic nitrogens is 3. The van der Waals surface area contributed by atoms with E-state index in [-0.39, 0.29) is 0 Å². The third-order valence-electron chi connectivity index (χ3n) is 3.80. The Kier molecular flexibility index (Phi) is 3.19. The number of benzene rings is 2. The van der Waals surface area contributed by atoms with Crippen LogP contribution in [0.2, 0.25) is 0 Å². The molecule has 7 heteroatoms. The number of rotatable bonds is 3. The van der Waals surface area contributed by atoms with Gasteiger partial charge < -0.3 is 13.6 Å². The third-order valence-corrected chi connectivity index (χ3v) is 3.80. The van der Waals surface area contributed by atoms with Crippen molar-refractivity contribution < 1.29 is 13.6 Å². The second kappa shape index (κ2) is 5.38. The van der Waals surface area contributed by atoms with Crippen LogP contribution in [0, 0.1) is 0 Å². The molecular formula is C17H13N3O4. The fourth-order valence-corrected chi connectivity index (χ4v) is 2.54. The minimum Gasteiger partial charge on any atom is -0.496 e. The molecule has 0 spiro atoms. The molecule has 2 aromatic carbocycles. The van der Waals surface area contributed by atoms with Crippen molar-refractivity contribution in [3.05, 3.63) is 53.0 Å². The Hall–Kier alpha value is -3.35. The zero-order valence-electron chi connectivity index (χ0n) is 13.0. The summed E-state index contributed by atoms with van der Waals surface area (Å²) < 4.78 is 17.7. The highest BCUT2D eigenvalue weighted by Crippen LogP contribution is 2.31. The summed E-state index contributed by atoms with van der Waals surface area (Å²) in [6, 6.07) is 12.7. The van der Waals surface area contributed by atoms with Crippen molar-refractivity contribution in [2.24, 2.45) is 7.05 Å². The van der Waals surface area contributed by atoms with Crippen LogP contribution in [0.1, 0.15) is 0 Å². The molecule has 0 saturated heterocycles. The Morgan fingerprint density at radius 2 is 1.83 bits per heavy atom. The van der Waals surface area contributed by atoms with E-state index in [9.17, 15) is 4.79 Å². The second-order valence-electron chi connectivity index (χ2n) is 5.22. The summed E-state index contributed by atoms with van der Waals surface area (Å²) in [4.78, 5) is 11.6. The molecular weight excluding hydrogens is 310 g/mol. The minimum atomic E-state index is -0.414. The van der Waals surface area contributed by atoms with Gasteiger partial charge in [0, 0.05) is 12.6 Å². The molecule has 0 unspecified atom stereocenters. The number of aryl methyl sites for hydroxylation is 1. The Morgan fingerprint density at radius 1 is 1.04 bits per heavy atom. The number of ether oxygens (including phenoxy) is 1. The van der Waals surface area contributed by atoms with Crippen LogP contribution in [-0.4, -0.2) is 21.9 Å². The number of oxazole rings is 1. The predicted molar refractivity (Wildman–Crippen MR) is 86.7 cm³/mol. The van der Waals surface area contributed by atoms with Crippen LogP contribution in [0.3, 0.4) is 0 Å². The maximum Gasteiger partial charge on any atom is 0.419 e. The van der Waals surface area contributed by atoms with E-state index in [2.05, 4.69) is 10.2 Å². The molecule has 0 saturated carbocycles. The van der Waals surface area contributed by atoms with Gasteiger partial charge in [-0.25, -0.2) is 4.79 Å². The Balaban J connectivity index is 1.79. The van der Waals surface area contributed by atoms with Crippen molar-refractivity contribution in [2.45, 2.75) is 0 Å². The maximum atomic E-state index is 11.6. The monoisotopic (exact) mass is 323 g/mol. The van der Waals surface area contributed by atoms with Gasteiger partial charge in [-0.15, -0.1) is 10.2 Å². The van der Waals surface area contributed by atoms with Gasteiger partial charge in [-0.1, -0.05) is 12.1 Å². The second-order valence-corrected chi connectivity index (χ2v) is 5.22. The lowest BCUT2D eigenvalue weighted by Crippen LogP contribution is -2.08. The predicted octanol–water partition coefficient (Wildman–Crippen LogP) is 2.86. The summed E-state index contributed by atoms with van der Waals surface area (Å²) in [6.45, 7) is 0. The fraction of sp³-hybridized carbons (Fsp3) is 0.118. The smallest absolute Gasteiger partial charge is 0.419 e. The van der Waals surface area contributed by atoms with Crippen LogP contribution in [0.5, 0.6) is 5.75 Å². The molecule has 120 valence electrons. The van der Waals surface area contributed by atoms with E-state index in [1.165, 1.54) is 4.57 Å². The molecule has 4 rings (SSSR count). The molecule has 24 heavy (non-hydrogen) atoms. The quantitative estimate of drug-likeness (QED) is 0.576. The molecule has 0 amide bonds. The first kappa shape index (κ1) is 14.3. The van der Waals surface area contributed by atoms with Gasteiger partial charge in [0.2, 0.25) is 5.89 Å². The molecule has 2 heterocycles. The number of nitrogens with zero attached hydrogens (tertiary/aromatic N) is 3. The van der Waals surface area contributed by atoms with E-state index in [0.717, 1.165) is 0 Å². The summed E-state index contributed by atoms with van der Waals surface area (Å²) >= 11 is 0. The summed E-state index contributed by atoms with van der Waals surface area (Å²) in [5, 5.41) is 8.16. The lowest BCUT2D eigenvalue weighted by atomic mass is 10.2. The molecule has 0 fully saturated rings. The highest BCUT2D eigenvalue weighted by Gasteiger charge is 2.15. The van der Waals surface area contributed by atoms with E-state index < -0.39 is 5.76 Å². The third kappa shape index (κ3) is 2.18. The standard InChI is InChI=1S/C17H13N3O4/c1-20-12-8-7-10(9-14(12)23-17(20)21)15-18-19-16(24-15)11-5-3-4-6-13(11)22-2/h3-9H,1-2H3. The van der Waals surface area contributed by atoms with E-state index in [4.69, 9.17) is 13.6 Å². The highest BCUT2D eigenvalue weighted by molar-refractivity contribution is 5.78. The van der Waals surface area contributed by atoms with E-state index in [1.807, 2.05) is 24.3 Å². The van der Waals surface area contributed by atoms with Gasteiger partial charge in [0.15, 0.2) is 5.58 Å². The first-order chi connectivity index (χ1) is 11.7. The summed E-state index contributed by atoms with van der Waals surface area (Å²) in [5.74, 6) is 0.931. The number of methoxy groups -OCH3 is 1. The topological polar surface area (TPSA) is 83.3 Å². The van der Waals surface area contributed by atoms with Gasteiger partial charge in [0.05, 0.1) is 18.2 Å². The van der Waals surface area contributed by atoms with Crippen LogP contribution in [0.4, 0.5) is 0 Å². The maximum absolute atomic E-state index is 11.6. The van der Waals surface area contributed by atoms with Crippen LogP contribution in [0.15, 0.2) is 56.1 Å². The van der Waals surface area contributed by atoms with Gasteiger partial charge in [0.1, 0.15) is 5.75 Å². The lowest BCUT2D eigenvalue weighted by molar-refractivity contribution is 0.414. The van der Waals surface area contributed by atoms with Gasteiger partial charge in [0.25, 0.3) is 5.89 Å². The fourth-order valence-electron chi connectivity index (χ4n) is 2.54. The van der Waals surface area contributed by atoms with Gasteiger partial charge >= 0.3 is 5.76 Å². The molecule has 0 aliphatic carbocycles. The van der Waals surface area contributed by atoms with Crippen molar-refractivity contribution in [1.82, 2.24) is 14.8 Å². The molecule has 0 aliphatic rings. The number of fused-ring (bicyclic) bond motifs is 1. The molecule has 0 radical (unpaired) electrons. The number of hydrogen-bond acceptors (Lipinski definition) is 6. The molecule has 4 aromatic rings. The first-order valence-electron chi connectivity index (χ1n) is 7.24. The molecule has 7 nitrogen and oxygen atoms in total. The lowest BCUT2D eigenvalue weighted by Gasteiger charge is -2.03. The summed E-state index contributed by atoms with van der Waals surface area (Å²) in [6.07, 6.45) is 0. The first-order valence-corrected chi connectivity index (χ1v) is 7.24. The number of hydrogen-bond donors (Lipinski definition) is 0. The SMILES string of the molecule is COc1ccccc1-c1nnc(-c2ccc3c(c2)oc(=O)n3C)o1. The van der Waals surface area contributed by atoms with Crippen LogP contribution < -0.4 is 10.5 Å². The highest BCUT2D eigenvalue weighted by atomic mass is 16.5. The molecule has 0 bridgehead atoms. The molecule has 2 aromatic heterocycles. The van der Waals surface area contributed by atoms with Crippen molar-refractivity contribution in [3.8, 4) is 28.7 Å². The van der Waals surface area contributed by atoms with Crippen molar-refractivity contribution in [1.29, 1.82) is 0 Å². The molecule has 0 aliphatic heterocycles. The average Bonchev–Trinajstić information content (AvgIpc) is 3.20. The zero-order valence-corrected chi connectivity index (χ0v) is 13.0. The minimum absolute atomic E-state index is 0.337. The van der Waals surface area contributed by atoms with E-state index in [0.29, 0.717) is 39.8 Å². The zero-order chi connectivity index (χ0) is 16.7. The summed E-state index contributed by atoms with van der Waals surface area (Å²) in [5.41, 5.74) is 2.56. The molecule has 0 atom stereocenters. The van der Waals surface area contributed by atoms with Gasteiger partial charge in [-0.05, 0) is 30.3 Å². The molecule has 0 N–H and O–H groups in total. The number of para-hydroxylation sites is 1. The average molecular weight is 323 g/mol. The van der Waals surface area contributed by atoms with Crippen molar-refractivity contribution in [3.63, 3.8) is 0 Å². The van der Waals surface area contributed by atoms with Crippen LogP contribution in [0.25, 0.3) is 34.0 Å². The Morgan fingerprint density at radius 3 is 2.67 bits per heavy atom. The van der Waals surface area contributed by atoms with Gasteiger partial charge in [-0.3, -0.25) is 4.57 Å². The van der Waals surface area contributed by atoms with Crippen LogP contribution >= 0.6 is 0 Å². The van der Waals surface area contributed by atoms with E-state index in [1.54, 1.807) is 32.4 Å². The van der Waals surface area contributed by atoms with Crippen molar-refractivity contribution >= 4 is 11.1 Å². The van der Waals surface area contributed by atoms with Crippen molar-refractivity contribution in [2.75, 3.05) is 7.11 Å². The normalized spacial score (nSPS) is 11.1. The van der Waals surface area contributed by atoms with Crippen LogP contribution in [-0.2, 0) is 7.05 Å². The Labute approximate surface area is 136 Å². The largest absolute Gasteiger partial charge is 0.496 e. The van der Waals surface area contributed by atoms with E-state index >= 15 is 0 Å². The van der Waals surface area contributed by atoms with Gasteiger partial charge in [-0.2, -0.15) is 0 Å².